The highest BCUT2D eigenvalue weighted by atomic mass is 32.1. The molecular weight excluding hydrogens is 220 g/mol. The summed E-state index contributed by atoms with van der Waals surface area (Å²) in [4.78, 5) is 4.71. The second-order valence-electron chi connectivity index (χ2n) is 4.67. The Hall–Kier alpha value is -0.450. The summed E-state index contributed by atoms with van der Waals surface area (Å²) in [7, 11) is 0. The van der Waals surface area contributed by atoms with Crippen molar-refractivity contribution in [2.75, 3.05) is 13.2 Å². The Bertz CT molecular complexity index is 343. The van der Waals surface area contributed by atoms with E-state index in [0.717, 1.165) is 18.2 Å². The van der Waals surface area contributed by atoms with E-state index in [1.165, 1.54) is 18.5 Å². The van der Waals surface area contributed by atoms with Crippen molar-refractivity contribution in [3.8, 4) is 0 Å². The van der Waals surface area contributed by atoms with Crippen LogP contribution in [0.4, 0.5) is 0 Å². The van der Waals surface area contributed by atoms with Gasteiger partial charge in [-0.25, -0.2) is 4.98 Å². The molecular formula is C12H20N2OS. The van der Waals surface area contributed by atoms with Crippen LogP contribution in [0.15, 0.2) is 5.38 Å². The maximum atomic E-state index is 5.72. The highest BCUT2D eigenvalue weighted by molar-refractivity contribution is 7.09. The van der Waals surface area contributed by atoms with Crippen LogP contribution in [0.1, 0.15) is 50.4 Å². The predicted octanol–water partition coefficient (Wildman–Crippen LogP) is 2.84. The zero-order valence-electron chi connectivity index (χ0n) is 10.2. The van der Waals surface area contributed by atoms with Crippen LogP contribution in [-0.2, 0) is 10.3 Å². The number of hydrogen-bond donors (Lipinski definition) is 1. The number of rotatable bonds is 4. The molecule has 1 aromatic rings. The summed E-state index contributed by atoms with van der Waals surface area (Å²) in [6.45, 7) is 8.03. The third kappa shape index (κ3) is 2.44. The Morgan fingerprint density at radius 1 is 1.62 bits per heavy atom. The molecule has 2 heterocycles. The first-order valence-corrected chi connectivity index (χ1v) is 6.84. The molecule has 0 radical (unpaired) electrons. The first kappa shape index (κ1) is 12.0. The standard InChI is InChI=1S/C12H20N2OS/c1-4-15-12(2,3)11-14-10(8-16-11)9-6-5-7-13-9/h8-9,13H,4-7H2,1-3H3. The SMILES string of the molecule is CCOC(C)(C)c1nc(C2CCCN2)cs1. The van der Waals surface area contributed by atoms with Gasteiger partial charge in [0.2, 0.25) is 0 Å². The van der Waals surface area contributed by atoms with Gasteiger partial charge in [-0.2, -0.15) is 0 Å². The molecule has 0 aromatic carbocycles. The predicted molar refractivity (Wildman–Crippen MR) is 66.7 cm³/mol. The molecule has 1 atom stereocenters. The van der Waals surface area contributed by atoms with Crippen LogP contribution in [0.5, 0.6) is 0 Å². The molecule has 0 spiro atoms. The van der Waals surface area contributed by atoms with Crippen molar-refractivity contribution in [2.45, 2.75) is 45.3 Å². The van der Waals surface area contributed by atoms with Crippen LogP contribution in [0.2, 0.25) is 0 Å². The van der Waals surface area contributed by atoms with Crippen molar-refractivity contribution in [3.63, 3.8) is 0 Å². The lowest BCUT2D eigenvalue weighted by molar-refractivity contribution is -0.0142. The highest BCUT2D eigenvalue weighted by Gasteiger charge is 2.27. The Morgan fingerprint density at radius 2 is 2.44 bits per heavy atom. The van der Waals surface area contributed by atoms with Crippen molar-refractivity contribution in [1.29, 1.82) is 0 Å². The second-order valence-corrected chi connectivity index (χ2v) is 5.53. The molecule has 16 heavy (non-hydrogen) atoms. The van der Waals surface area contributed by atoms with Crippen molar-refractivity contribution in [3.05, 3.63) is 16.1 Å². The maximum Gasteiger partial charge on any atom is 0.124 e. The minimum atomic E-state index is -0.254. The van der Waals surface area contributed by atoms with Gasteiger partial charge in [-0.05, 0) is 40.2 Å². The normalized spacial score (nSPS) is 21.6. The van der Waals surface area contributed by atoms with Crippen LogP contribution >= 0.6 is 11.3 Å². The van der Waals surface area contributed by atoms with Crippen molar-refractivity contribution < 1.29 is 4.74 Å². The molecule has 2 rings (SSSR count). The fourth-order valence-electron chi connectivity index (χ4n) is 2.08. The molecule has 0 saturated carbocycles. The van der Waals surface area contributed by atoms with E-state index >= 15 is 0 Å². The van der Waals surface area contributed by atoms with Gasteiger partial charge in [-0.15, -0.1) is 11.3 Å². The van der Waals surface area contributed by atoms with Gasteiger partial charge in [0.1, 0.15) is 10.6 Å². The van der Waals surface area contributed by atoms with Gasteiger partial charge < -0.3 is 10.1 Å². The molecule has 1 fully saturated rings. The molecule has 1 aliphatic rings. The van der Waals surface area contributed by atoms with Crippen molar-refractivity contribution >= 4 is 11.3 Å². The summed E-state index contributed by atoms with van der Waals surface area (Å²) in [6, 6.07) is 0.461. The zero-order valence-corrected chi connectivity index (χ0v) is 11.1. The summed E-state index contributed by atoms with van der Waals surface area (Å²) in [5.41, 5.74) is 0.932. The molecule has 1 N–H and O–H groups in total. The number of thiazole rings is 1. The number of aromatic nitrogens is 1. The van der Waals surface area contributed by atoms with E-state index in [9.17, 15) is 0 Å². The van der Waals surface area contributed by atoms with Gasteiger partial charge in [-0.3, -0.25) is 0 Å². The number of nitrogens with zero attached hydrogens (tertiary/aromatic N) is 1. The molecule has 0 aliphatic carbocycles. The van der Waals surface area contributed by atoms with Crippen LogP contribution in [-0.4, -0.2) is 18.1 Å². The fourth-order valence-corrected chi connectivity index (χ4v) is 3.03. The lowest BCUT2D eigenvalue weighted by Crippen LogP contribution is -2.22. The molecule has 1 unspecified atom stereocenters. The van der Waals surface area contributed by atoms with Crippen LogP contribution < -0.4 is 5.32 Å². The summed E-state index contributed by atoms with van der Waals surface area (Å²) in [5, 5.41) is 6.72. The smallest absolute Gasteiger partial charge is 0.124 e. The van der Waals surface area contributed by atoms with Crippen molar-refractivity contribution in [1.82, 2.24) is 10.3 Å². The number of ether oxygens (including phenoxy) is 1. The highest BCUT2D eigenvalue weighted by Crippen LogP contribution is 2.31. The third-order valence-corrected chi connectivity index (χ3v) is 4.12. The van der Waals surface area contributed by atoms with E-state index in [-0.39, 0.29) is 5.60 Å². The minimum Gasteiger partial charge on any atom is -0.369 e. The van der Waals surface area contributed by atoms with E-state index in [4.69, 9.17) is 9.72 Å². The van der Waals surface area contributed by atoms with Crippen LogP contribution in [0, 0.1) is 0 Å². The summed E-state index contributed by atoms with van der Waals surface area (Å²) < 4.78 is 5.72. The van der Waals surface area contributed by atoms with Crippen LogP contribution in [0.3, 0.4) is 0 Å². The maximum absolute atomic E-state index is 5.72. The Kier molecular flexibility index (Phi) is 3.62. The average Bonchev–Trinajstić information content (AvgIpc) is 2.89. The van der Waals surface area contributed by atoms with Gasteiger partial charge in [0, 0.05) is 12.0 Å². The van der Waals surface area contributed by atoms with Gasteiger partial charge >= 0.3 is 0 Å². The van der Waals surface area contributed by atoms with Crippen molar-refractivity contribution in [2.24, 2.45) is 0 Å². The van der Waals surface area contributed by atoms with Gasteiger partial charge in [-0.1, -0.05) is 0 Å². The fraction of sp³-hybridized carbons (Fsp3) is 0.750. The first-order chi connectivity index (χ1) is 7.63. The van der Waals surface area contributed by atoms with E-state index in [1.807, 2.05) is 6.92 Å². The lowest BCUT2D eigenvalue weighted by atomic mass is 10.1. The lowest BCUT2D eigenvalue weighted by Gasteiger charge is -2.21. The molecule has 0 bridgehead atoms. The molecule has 0 amide bonds. The molecule has 3 nitrogen and oxygen atoms in total. The Labute approximate surface area is 101 Å². The summed E-state index contributed by atoms with van der Waals surface area (Å²) >= 11 is 1.71. The molecule has 90 valence electrons. The quantitative estimate of drug-likeness (QED) is 0.878. The third-order valence-electron chi connectivity index (χ3n) is 2.96. The van der Waals surface area contributed by atoms with Crippen LogP contribution in [0.25, 0.3) is 0 Å². The number of nitrogens with one attached hydrogen (secondary N) is 1. The van der Waals surface area contributed by atoms with Gasteiger partial charge in [0.15, 0.2) is 0 Å². The van der Waals surface area contributed by atoms with E-state index in [1.54, 1.807) is 11.3 Å². The molecule has 1 aliphatic heterocycles. The molecule has 1 saturated heterocycles. The largest absolute Gasteiger partial charge is 0.369 e. The second kappa shape index (κ2) is 4.82. The number of hydrogen-bond acceptors (Lipinski definition) is 4. The minimum absolute atomic E-state index is 0.254. The summed E-state index contributed by atoms with van der Waals surface area (Å²) in [5.74, 6) is 0. The topological polar surface area (TPSA) is 34.1 Å². The van der Waals surface area contributed by atoms with E-state index in [2.05, 4.69) is 24.5 Å². The van der Waals surface area contributed by atoms with Gasteiger partial charge in [0.25, 0.3) is 0 Å². The Morgan fingerprint density at radius 3 is 3.06 bits per heavy atom. The average molecular weight is 240 g/mol. The first-order valence-electron chi connectivity index (χ1n) is 5.96. The van der Waals surface area contributed by atoms with E-state index < -0.39 is 0 Å². The Balaban J connectivity index is 2.12. The molecule has 4 heteroatoms. The summed E-state index contributed by atoms with van der Waals surface area (Å²) in [6.07, 6.45) is 2.46. The van der Waals surface area contributed by atoms with Gasteiger partial charge in [0.05, 0.1) is 11.7 Å². The zero-order chi connectivity index (χ0) is 11.6. The molecule has 1 aromatic heterocycles. The van der Waals surface area contributed by atoms with E-state index in [0.29, 0.717) is 6.04 Å². The monoisotopic (exact) mass is 240 g/mol.